The van der Waals surface area contributed by atoms with Gasteiger partial charge in [-0.2, -0.15) is 9.67 Å². The Bertz CT molecular complexity index is 2840. The largest absolute Gasteiger partial charge is 0.382 e. The van der Waals surface area contributed by atoms with Crippen molar-refractivity contribution >= 4 is 63.4 Å². The number of aromatic nitrogens is 10. The number of nitrogens with two attached hydrogens (primary N) is 2. The van der Waals surface area contributed by atoms with E-state index in [0.717, 1.165) is 45.6 Å². The standard InChI is InChI=1S/C41H48N16O5/c1-5-55-32-30(23(3)50-55)57-24(4)51-56(6-2)38(57)37(61)49-40-47-29-21-26(34(43)59)22-45-35(29)54(40)14-8-7-13-53-31-27(44-12-16-52-15-9-41(52)10-17-62-18-11-41)19-25(33(42)58)20-28(31)46-39(53)48-36(32)60/h7-8,19-22,44H,5-6,9-18H2,1-4H3,(H5-,42,43,46,47,48,49,58,59,60,61)/p+1/b8-7+. The molecule has 5 aromatic heterocycles. The van der Waals surface area contributed by atoms with Crippen LogP contribution in [0.1, 0.15) is 86.5 Å². The van der Waals surface area contributed by atoms with Gasteiger partial charge in [0.15, 0.2) is 17.0 Å². The van der Waals surface area contributed by atoms with Crippen molar-refractivity contribution < 1.29 is 28.5 Å². The molecule has 322 valence electrons. The number of nitrogens with zero attached hydrogens (tertiary/aromatic N) is 11. The number of fused-ring (bicyclic) bond motifs is 9. The highest BCUT2D eigenvalue weighted by atomic mass is 16.5. The topological polar surface area (TPSA) is 257 Å². The zero-order chi connectivity index (χ0) is 43.4. The fourth-order valence-corrected chi connectivity index (χ4v) is 9.02. The third-order valence-corrected chi connectivity index (χ3v) is 12.2. The number of rotatable bonds is 8. The monoisotopic (exact) mass is 845 g/mol. The van der Waals surface area contributed by atoms with Gasteiger partial charge in [0.2, 0.25) is 23.7 Å². The van der Waals surface area contributed by atoms with Gasteiger partial charge in [-0.15, -0.1) is 4.68 Å². The summed E-state index contributed by atoms with van der Waals surface area (Å²) in [4.78, 5) is 70.8. The molecule has 6 aromatic rings. The number of carbonyl (C=O) groups excluding carboxylic acids is 4. The minimum Gasteiger partial charge on any atom is -0.382 e. The van der Waals surface area contributed by atoms with Crippen LogP contribution in [0, 0.1) is 13.8 Å². The molecule has 1 spiro atoms. The number of nitrogens with one attached hydrogen (secondary N) is 3. The predicted octanol–water partition coefficient (Wildman–Crippen LogP) is 2.05. The van der Waals surface area contributed by atoms with Crippen molar-refractivity contribution in [3.63, 3.8) is 0 Å². The molecule has 62 heavy (non-hydrogen) atoms. The number of ether oxygens (including phenoxy) is 1. The molecule has 9 rings (SSSR count). The molecule has 1 aromatic carbocycles. The summed E-state index contributed by atoms with van der Waals surface area (Å²) in [5.74, 6) is -1.46. The first-order chi connectivity index (χ1) is 29.9. The van der Waals surface area contributed by atoms with Crippen molar-refractivity contribution in [2.24, 2.45) is 11.5 Å². The number of hydrogen-bond acceptors (Lipinski definition) is 12. The first-order valence-corrected chi connectivity index (χ1v) is 20.8. The van der Waals surface area contributed by atoms with Crippen molar-refractivity contribution in [3.05, 3.63) is 70.7 Å². The molecule has 21 heteroatoms. The Hall–Kier alpha value is -7.00. The summed E-state index contributed by atoms with van der Waals surface area (Å²) in [6.07, 6.45) is 8.29. The number of amides is 4. The third kappa shape index (κ3) is 6.82. The lowest BCUT2D eigenvalue weighted by atomic mass is 9.78. The molecule has 3 aliphatic heterocycles. The summed E-state index contributed by atoms with van der Waals surface area (Å²) in [5, 5.41) is 19.0. The van der Waals surface area contributed by atoms with E-state index in [9.17, 15) is 19.2 Å². The Morgan fingerprint density at radius 2 is 1.55 bits per heavy atom. The van der Waals surface area contributed by atoms with Gasteiger partial charge in [-0.3, -0.25) is 44.0 Å². The first-order valence-electron chi connectivity index (χ1n) is 20.8. The van der Waals surface area contributed by atoms with Crippen molar-refractivity contribution in [1.82, 2.24) is 48.5 Å². The Kier molecular flexibility index (Phi) is 10.3. The summed E-state index contributed by atoms with van der Waals surface area (Å²) in [6.45, 7) is 12.2. The zero-order valence-corrected chi connectivity index (χ0v) is 35.1. The van der Waals surface area contributed by atoms with E-state index >= 15 is 0 Å². The molecule has 0 bridgehead atoms. The molecular formula is C41H49N16O5+. The molecule has 0 aliphatic carbocycles. The number of primary amides is 2. The molecule has 0 atom stereocenters. The molecule has 2 fully saturated rings. The molecular weight excluding hydrogens is 797 g/mol. The second-order valence-corrected chi connectivity index (χ2v) is 15.8. The number of pyridine rings is 1. The minimum atomic E-state index is -0.667. The average molecular weight is 846 g/mol. The molecule has 21 nitrogen and oxygen atoms in total. The van der Waals surface area contributed by atoms with Crippen LogP contribution in [0.4, 0.5) is 17.6 Å². The lowest BCUT2D eigenvalue weighted by Crippen LogP contribution is -2.62. The van der Waals surface area contributed by atoms with Crippen LogP contribution in [-0.2, 0) is 30.9 Å². The number of carbonyl (C=O) groups is 4. The maximum Gasteiger partial charge on any atom is 0.331 e. The van der Waals surface area contributed by atoms with Crippen LogP contribution < -0.4 is 32.0 Å². The van der Waals surface area contributed by atoms with Gasteiger partial charge in [0.05, 0.1) is 28.0 Å². The Balaban J connectivity index is 1.20. The van der Waals surface area contributed by atoms with E-state index in [1.807, 2.05) is 30.6 Å². The first kappa shape index (κ1) is 40.4. The quantitative estimate of drug-likeness (QED) is 0.109. The predicted molar refractivity (Wildman–Crippen MR) is 227 cm³/mol. The van der Waals surface area contributed by atoms with Crippen LogP contribution in [-0.4, -0.2) is 111 Å². The third-order valence-electron chi connectivity index (χ3n) is 12.2. The number of likely N-dealkylation sites (tertiary alicyclic amines) is 1. The van der Waals surface area contributed by atoms with Gasteiger partial charge in [0.25, 0.3) is 11.7 Å². The number of anilines is 3. The smallest absolute Gasteiger partial charge is 0.331 e. The van der Waals surface area contributed by atoms with Crippen molar-refractivity contribution in [3.8, 4) is 5.69 Å². The molecule has 0 saturated carbocycles. The Morgan fingerprint density at radius 1 is 0.871 bits per heavy atom. The van der Waals surface area contributed by atoms with Gasteiger partial charge in [-0.25, -0.2) is 15.0 Å². The van der Waals surface area contributed by atoms with Crippen molar-refractivity contribution in [2.75, 3.05) is 48.8 Å². The number of aryl methyl sites for hydroxylation is 4. The maximum atomic E-state index is 14.8. The zero-order valence-electron chi connectivity index (χ0n) is 35.1. The van der Waals surface area contributed by atoms with Crippen LogP contribution in [0.2, 0.25) is 0 Å². The average Bonchev–Trinajstić information content (AvgIpc) is 3.98. The molecule has 7 N–H and O–H groups in total. The van der Waals surface area contributed by atoms with Gasteiger partial charge in [0, 0.05) is 81.8 Å². The van der Waals surface area contributed by atoms with Crippen LogP contribution in [0.5, 0.6) is 0 Å². The van der Waals surface area contributed by atoms with Crippen molar-refractivity contribution in [1.29, 1.82) is 0 Å². The second-order valence-electron chi connectivity index (χ2n) is 15.8. The van der Waals surface area contributed by atoms with Gasteiger partial charge in [-0.1, -0.05) is 12.2 Å². The SMILES string of the molecule is CCn1nc(C)c2c1C(=O)Nc1nc3cc(C(N)=O)cc(NCCN4CCC45CCOCC5)c3n1C/C=C/Cn1c(nc3cc(C(N)=O)cnc31)NC(=O)c1n(CC)nc(C)[n+]1-2. The highest BCUT2D eigenvalue weighted by molar-refractivity contribution is 6.07. The molecule has 0 radical (unpaired) electrons. The van der Waals surface area contributed by atoms with E-state index in [0.29, 0.717) is 64.7 Å². The lowest BCUT2D eigenvalue weighted by Gasteiger charge is -2.55. The Labute approximate surface area is 355 Å². The number of allylic oxidation sites excluding steroid dienone is 2. The summed E-state index contributed by atoms with van der Waals surface area (Å²) in [5.41, 5.74) is 15.5. The van der Waals surface area contributed by atoms with Gasteiger partial charge in [-0.05, 0) is 58.2 Å². The van der Waals surface area contributed by atoms with Crippen LogP contribution >= 0.6 is 0 Å². The number of hydrogen-bond donors (Lipinski definition) is 5. The summed E-state index contributed by atoms with van der Waals surface area (Å²) >= 11 is 0. The number of benzene rings is 1. The maximum absolute atomic E-state index is 14.8. The number of imidazole rings is 2. The molecule has 3 aliphatic rings. The lowest BCUT2D eigenvalue weighted by molar-refractivity contribution is -0.606. The fraction of sp³-hybridized carbons (Fsp3) is 0.415. The summed E-state index contributed by atoms with van der Waals surface area (Å²) in [7, 11) is 0. The highest BCUT2D eigenvalue weighted by Gasteiger charge is 2.45. The van der Waals surface area contributed by atoms with E-state index in [-0.39, 0.29) is 53.2 Å². The normalized spacial score (nSPS) is 17.2. The van der Waals surface area contributed by atoms with Crippen molar-refractivity contribution in [2.45, 2.75) is 78.7 Å². The van der Waals surface area contributed by atoms with E-state index in [4.69, 9.17) is 36.4 Å². The van der Waals surface area contributed by atoms with Crippen LogP contribution in [0.3, 0.4) is 0 Å². The van der Waals surface area contributed by atoms with Gasteiger partial charge < -0.3 is 26.1 Å². The summed E-state index contributed by atoms with van der Waals surface area (Å²) in [6, 6.07) is 4.88. The van der Waals surface area contributed by atoms with Crippen LogP contribution in [0.15, 0.2) is 36.5 Å². The second kappa shape index (κ2) is 15.8. The fourth-order valence-electron chi connectivity index (χ4n) is 9.02. The van der Waals surface area contributed by atoms with E-state index in [2.05, 4.69) is 25.8 Å². The molecule has 8 heterocycles. The molecule has 2 saturated heterocycles. The minimum absolute atomic E-state index is 0.118. The molecule has 0 unspecified atom stereocenters. The van der Waals surface area contributed by atoms with Crippen LogP contribution in [0.25, 0.3) is 27.9 Å². The van der Waals surface area contributed by atoms with E-state index < -0.39 is 23.6 Å². The van der Waals surface area contributed by atoms with Gasteiger partial charge >= 0.3 is 11.7 Å². The van der Waals surface area contributed by atoms with E-state index in [1.54, 1.807) is 44.5 Å². The van der Waals surface area contributed by atoms with E-state index in [1.165, 1.54) is 12.3 Å². The summed E-state index contributed by atoms with van der Waals surface area (Å²) < 4.78 is 14.0. The Morgan fingerprint density at radius 3 is 2.24 bits per heavy atom. The van der Waals surface area contributed by atoms with Gasteiger partial charge in [0.1, 0.15) is 12.1 Å². The highest BCUT2D eigenvalue weighted by Crippen LogP contribution is 2.39. The molecule has 4 amide bonds.